The third kappa shape index (κ3) is 7.22. The molecule has 0 saturated carbocycles. The summed E-state index contributed by atoms with van der Waals surface area (Å²) in [7, 11) is 0. The van der Waals surface area contributed by atoms with Gasteiger partial charge in [-0.1, -0.05) is 148 Å². The molecule has 0 aliphatic carbocycles. The first-order chi connectivity index (χ1) is 22.6. The molecule has 0 spiro atoms. The van der Waals surface area contributed by atoms with Gasteiger partial charge in [-0.2, -0.15) is 0 Å². The number of aromatic nitrogens is 3. The van der Waals surface area contributed by atoms with Gasteiger partial charge in [-0.15, -0.1) is 0 Å². The average molecular weight is 606 g/mol. The van der Waals surface area contributed by atoms with E-state index in [1.807, 2.05) is 60.7 Å². The summed E-state index contributed by atoms with van der Waals surface area (Å²) in [6.45, 7) is 4.26. The Morgan fingerprint density at radius 3 is 1.46 bits per heavy atom. The molecular formula is C41H39N3O2. The molecule has 0 fully saturated rings. The van der Waals surface area contributed by atoms with Gasteiger partial charge < -0.3 is 9.84 Å². The molecule has 2 atom stereocenters. The number of aliphatic hydroxyl groups is 1. The van der Waals surface area contributed by atoms with Crippen LogP contribution in [0.4, 0.5) is 0 Å². The molecular weight excluding hydrogens is 566 g/mol. The van der Waals surface area contributed by atoms with Crippen molar-refractivity contribution >= 4 is 0 Å². The Hall–Kier alpha value is -5.13. The van der Waals surface area contributed by atoms with Gasteiger partial charge in [0, 0.05) is 17.0 Å². The minimum absolute atomic E-state index is 0.0451. The molecule has 2 unspecified atom stereocenters. The predicted molar refractivity (Wildman–Crippen MR) is 187 cm³/mol. The van der Waals surface area contributed by atoms with Crippen molar-refractivity contribution in [3.8, 4) is 62.2 Å². The molecule has 0 bridgehead atoms. The van der Waals surface area contributed by atoms with Gasteiger partial charge in [-0.25, -0.2) is 15.0 Å². The van der Waals surface area contributed by atoms with E-state index >= 15 is 0 Å². The minimum atomic E-state index is -0.922. The highest BCUT2D eigenvalue weighted by Crippen LogP contribution is 2.33. The lowest BCUT2D eigenvalue weighted by Crippen LogP contribution is -2.26. The summed E-state index contributed by atoms with van der Waals surface area (Å²) in [5.41, 5.74) is 7.02. The van der Waals surface area contributed by atoms with Crippen LogP contribution in [0.15, 0.2) is 133 Å². The molecule has 1 heterocycles. The van der Waals surface area contributed by atoms with Crippen LogP contribution < -0.4 is 4.74 Å². The van der Waals surface area contributed by atoms with Crippen LogP contribution in [0.1, 0.15) is 39.5 Å². The van der Waals surface area contributed by atoms with E-state index in [-0.39, 0.29) is 5.92 Å². The number of para-hydroxylation sites is 1. The zero-order chi connectivity index (χ0) is 31.7. The standard InChI is InChI=1S/C41H39N3O2/c1-3-5-14-29(4-2)41(45)46-37-20-13-12-19-36(37)40-43-38(34-25-21-32(22-26-34)30-15-8-6-9-16-30)42-39(44-40)35-27-23-33(24-28-35)31-17-10-7-11-18-31/h6-13,15-29,41,45H,3-5,14H2,1-2H3. The lowest BCUT2D eigenvalue weighted by Gasteiger charge is -2.23. The third-order valence-electron chi connectivity index (χ3n) is 8.37. The Kier molecular flexibility index (Phi) is 9.91. The third-order valence-corrected chi connectivity index (χ3v) is 8.37. The van der Waals surface area contributed by atoms with Gasteiger partial charge in [-0.05, 0) is 47.2 Å². The van der Waals surface area contributed by atoms with E-state index in [2.05, 4.69) is 86.6 Å². The minimum Gasteiger partial charge on any atom is -0.464 e. The lowest BCUT2D eigenvalue weighted by molar-refractivity contribution is -0.0659. The van der Waals surface area contributed by atoms with Gasteiger partial charge in [0.05, 0.1) is 5.56 Å². The van der Waals surface area contributed by atoms with Gasteiger partial charge in [0.1, 0.15) is 5.75 Å². The smallest absolute Gasteiger partial charge is 0.200 e. The Morgan fingerprint density at radius 2 is 0.957 bits per heavy atom. The van der Waals surface area contributed by atoms with Crippen LogP contribution >= 0.6 is 0 Å². The fraction of sp³-hybridized carbons (Fsp3) is 0.195. The molecule has 5 nitrogen and oxygen atoms in total. The molecule has 1 N–H and O–H groups in total. The van der Waals surface area contributed by atoms with Crippen LogP contribution in [-0.4, -0.2) is 26.3 Å². The maximum absolute atomic E-state index is 11.1. The van der Waals surface area contributed by atoms with Crippen molar-refractivity contribution in [2.75, 3.05) is 0 Å². The van der Waals surface area contributed by atoms with Crippen LogP contribution in [0.3, 0.4) is 0 Å². The van der Waals surface area contributed by atoms with Crippen LogP contribution in [0.25, 0.3) is 56.4 Å². The largest absolute Gasteiger partial charge is 0.464 e. The molecule has 46 heavy (non-hydrogen) atoms. The summed E-state index contributed by atoms with van der Waals surface area (Å²) in [5, 5.41) is 11.1. The van der Waals surface area contributed by atoms with Gasteiger partial charge in [0.25, 0.3) is 0 Å². The zero-order valence-electron chi connectivity index (χ0n) is 26.4. The van der Waals surface area contributed by atoms with E-state index in [0.717, 1.165) is 59.1 Å². The van der Waals surface area contributed by atoms with Gasteiger partial charge in [0.2, 0.25) is 0 Å². The van der Waals surface area contributed by atoms with E-state index in [1.54, 1.807) is 0 Å². The number of benzene rings is 5. The monoisotopic (exact) mass is 605 g/mol. The number of aliphatic hydroxyl groups excluding tert-OH is 1. The molecule has 5 aromatic carbocycles. The first kappa shape index (κ1) is 30.9. The fourth-order valence-corrected chi connectivity index (χ4v) is 5.63. The van der Waals surface area contributed by atoms with E-state index in [0.29, 0.717) is 28.8 Å². The number of ether oxygens (including phenoxy) is 1. The molecule has 6 aromatic rings. The molecule has 0 saturated heterocycles. The molecule has 230 valence electrons. The summed E-state index contributed by atoms with van der Waals surface area (Å²) in [5.74, 6) is 2.22. The summed E-state index contributed by atoms with van der Waals surface area (Å²) >= 11 is 0. The zero-order valence-corrected chi connectivity index (χ0v) is 26.4. The van der Waals surface area contributed by atoms with E-state index in [9.17, 15) is 5.11 Å². The Balaban J connectivity index is 1.40. The van der Waals surface area contributed by atoms with Crippen molar-refractivity contribution in [1.82, 2.24) is 15.0 Å². The Labute approximate surface area is 271 Å². The fourth-order valence-electron chi connectivity index (χ4n) is 5.63. The molecule has 0 amide bonds. The quantitative estimate of drug-likeness (QED) is 0.141. The summed E-state index contributed by atoms with van der Waals surface area (Å²) < 4.78 is 6.23. The predicted octanol–water partition coefficient (Wildman–Crippen LogP) is 10.1. The van der Waals surface area contributed by atoms with Crippen molar-refractivity contribution in [3.05, 3.63) is 133 Å². The second-order valence-corrected chi connectivity index (χ2v) is 11.5. The Morgan fingerprint density at radius 1 is 0.522 bits per heavy atom. The van der Waals surface area contributed by atoms with E-state index < -0.39 is 6.29 Å². The highest BCUT2D eigenvalue weighted by Gasteiger charge is 2.22. The Bertz CT molecular complexity index is 1740. The number of hydrogen-bond acceptors (Lipinski definition) is 5. The first-order valence-corrected chi connectivity index (χ1v) is 16.1. The summed E-state index contributed by atoms with van der Waals surface area (Å²) in [4.78, 5) is 14.9. The highest BCUT2D eigenvalue weighted by molar-refractivity contribution is 5.73. The molecule has 1 aromatic heterocycles. The number of unbranched alkanes of at least 4 members (excludes halogenated alkanes) is 1. The second-order valence-electron chi connectivity index (χ2n) is 11.5. The van der Waals surface area contributed by atoms with Crippen molar-refractivity contribution in [3.63, 3.8) is 0 Å². The molecule has 0 aliphatic rings. The van der Waals surface area contributed by atoms with Crippen molar-refractivity contribution in [2.24, 2.45) is 5.92 Å². The SMILES string of the molecule is CCCCC(CC)C(O)Oc1ccccc1-c1nc(-c2ccc(-c3ccccc3)cc2)nc(-c2ccc(-c3ccccc3)cc2)n1. The second kappa shape index (κ2) is 14.8. The topological polar surface area (TPSA) is 68.1 Å². The number of nitrogens with zero attached hydrogens (tertiary/aromatic N) is 3. The van der Waals surface area contributed by atoms with Crippen LogP contribution in [0.5, 0.6) is 5.75 Å². The van der Waals surface area contributed by atoms with Gasteiger partial charge in [-0.3, -0.25) is 0 Å². The summed E-state index contributed by atoms with van der Waals surface area (Å²) in [6, 6.07) is 44.9. The van der Waals surface area contributed by atoms with Crippen LogP contribution in [0, 0.1) is 5.92 Å². The maximum atomic E-state index is 11.1. The highest BCUT2D eigenvalue weighted by atomic mass is 16.6. The molecule has 0 aliphatic heterocycles. The average Bonchev–Trinajstić information content (AvgIpc) is 3.13. The van der Waals surface area contributed by atoms with Crippen molar-refractivity contribution in [2.45, 2.75) is 45.8 Å². The normalized spacial score (nSPS) is 12.4. The molecule has 5 heteroatoms. The van der Waals surface area contributed by atoms with E-state index in [4.69, 9.17) is 19.7 Å². The van der Waals surface area contributed by atoms with Crippen LogP contribution in [0.2, 0.25) is 0 Å². The van der Waals surface area contributed by atoms with Gasteiger partial charge in [0.15, 0.2) is 23.8 Å². The molecule has 6 rings (SSSR count). The van der Waals surface area contributed by atoms with Crippen molar-refractivity contribution < 1.29 is 9.84 Å². The van der Waals surface area contributed by atoms with E-state index in [1.165, 1.54) is 0 Å². The lowest BCUT2D eigenvalue weighted by atomic mass is 9.99. The molecule has 0 radical (unpaired) electrons. The van der Waals surface area contributed by atoms with Crippen LogP contribution in [-0.2, 0) is 0 Å². The van der Waals surface area contributed by atoms with Gasteiger partial charge >= 0.3 is 0 Å². The number of rotatable bonds is 12. The van der Waals surface area contributed by atoms with Crippen molar-refractivity contribution in [1.29, 1.82) is 0 Å². The first-order valence-electron chi connectivity index (χ1n) is 16.1. The number of hydrogen-bond donors (Lipinski definition) is 1. The maximum Gasteiger partial charge on any atom is 0.200 e. The summed E-state index contributed by atoms with van der Waals surface area (Å²) in [6.07, 6.45) is 2.95.